The molecule has 0 unspecified atom stereocenters. The Hall–Kier alpha value is -2.50. The molecule has 1 aliphatic heterocycles. The third kappa shape index (κ3) is 3.17. The van der Waals surface area contributed by atoms with Crippen LogP contribution in [0.1, 0.15) is 24.0 Å². The molecule has 0 amide bonds. The predicted molar refractivity (Wildman–Crippen MR) is 108 cm³/mol. The van der Waals surface area contributed by atoms with Crippen LogP contribution in [0.3, 0.4) is 0 Å². The second kappa shape index (κ2) is 6.91. The number of fused-ring (bicyclic) bond motifs is 3. The number of nitrogens with zero attached hydrogens (tertiary/aromatic N) is 5. The van der Waals surface area contributed by atoms with E-state index in [9.17, 15) is 0 Å². The zero-order valence-corrected chi connectivity index (χ0v) is 15.7. The normalized spacial score (nSPS) is 15.1. The Morgan fingerprint density at radius 1 is 0.963 bits per heavy atom. The summed E-state index contributed by atoms with van der Waals surface area (Å²) in [6.07, 6.45) is 6.21. The van der Waals surface area contributed by atoms with Gasteiger partial charge in [0, 0.05) is 24.7 Å². The molecule has 4 heterocycles. The first-order valence-corrected chi connectivity index (χ1v) is 9.71. The van der Waals surface area contributed by atoms with Gasteiger partial charge >= 0.3 is 0 Å². The van der Waals surface area contributed by atoms with E-state index < -0.39 is 0 Å². The van der Waals surface area contributed by atoms with Crippen LogP contribution in [0, 0.1) is 0 Å². The molecule has 0 aliphatic carbocycles. The summed E-state index contributed by atoms with van der Waals surface area (Å²) >= 11 is 6.34. The van der Waals surface area contributed by atoms with E-state index in [1.54, 1.807) is 6.20 Å². The summed E-state index contributed by atoms with van der Waals surface area (Å²) in [7, 11) is 0. The molecule has 5 nitrogen and oxygen atoms in total. The molecule has 0 bridgehead atoms. The zero-order valence-electron chi connectivity index (χ0n) is 15.0. The van der Waals surface area contributed by atoms with Gasteiger partial charge < -0.3 is 4.57 Å². The van der Waals surface area contributed by atoms with Gasteiger partial charge in [0.25, 0.3) is 0 Å². The van der Waals surface area contributed by atoms with E-state index in [1.165, 1.54) is 37.1 Å². The van der Waals surface area contributed by atoms with Crippen LogP contribution in [0.4, 0.5) is 0 Å². The summed E-state index contributed by atoms with van der Waals surface area (Å²) in [4.78, 5) is 15.7. The van der Waals surface area contributed by atoms with Gasteiger partial charge in [-0.2, -0.15) is 0 Å². The molecular weight excluding hydrogens is 358 g/mol. The molecule has 5 rings (SSSR count). The fourth-order valence-electron chi connectivity index (χ4n) is 3.97. The average molecular weight is 378 g/mol. The number of rotatable bonds is 4. The number of benzene rings is 1. The summed E-state index contributed by atoms with van der Waals surface area (Å²) in [5, 5.41) is 1.38. The number of hydrogen-bond donors (Lipinski definition) is 0. The van der Waals surface area contributed by atoms with Crippen LogP contribution in [-0.4, -0.2) is 37.5 Å². The van der Waals surface area contributed by atoms with Crippen LogP contribution in [0.15, 0.2) is 48.9 Å². The van der Waals surface area contributed by atoms with Crippen LogP contribution in [0.5, 0.6) is 0 Å². The fraction of sp³-hybridized carbons (Fsp3) is 0.286. The Bertz CT molecular complexity index is 1110. The van der Waals surface area contributed by atoms with Crippen LogP contribution in [-0.2, 0) is 13.1 Å². The minimum atomic E-state index is 0.401. The van der Waals surface area contributed by atoms with Gasteiger partial charge in [-0.1, -0.05) is 35.9 Å². The summed E-state index contributed by atoms with van der Waals surface area (Å²) in [5.74, 6) is 0. The van der Waals surface area contributed by atoms with Crippen LogP contribution in [0.25, 0.3) is 22.1 Å². The topological polar surface area (TPSA) is 46.8 Å². The molecule has 27 heavy (non-hydrogen) atoms. The van der Waals surface area contributed by atoms with Crippen LogP contribution in [0.2, 0.25) is 5.15 Å². The lowest BCUT2D eigenvalue weighted by Gasteiger charge is -2.15. The smallest absolute Gasteiger partial charge is 0.163 e. The predicted octanol–water partition coefficient (Wildman–Crippen LogP) is 4.28. The number of hydrogen-bond acceptors (Lipinski definition) is 4. The summed E-state index contributed by atoms with van der Waals surface area (Å²) in [6.45, 7) is 4.19. The third-order valence-electron chi connectivity index (χ3n) is 5.23. The summed E-state index contributed by atoms with van der Waals surface area (Å²) in [5.41, 5.74) is 4.99. The molecule has 3 aromatic heterocycles. The van der Waals surface area contributed by atoms with Gasteiger partial charge in [0.2, 0.25) is 0 Å². The molecule has 1 fully saturated rings. The van der Waals surface area contributed by atoms with E-state index in [4.69, 9.17) is 11.6 Å². The van der Waals surface area contributed by atoms with Crippen LogP contribution >= 0.6 is 11.6 Å². The maximum Gasteiger partial charge on any atom is 0.163 e. The quantitative estimate of drug-likeness (QED) is 0.498. The van der Waals surface area contributed by atoms with Crippen molar-refractivity contribution in [1.82, 2.24) is 24.4 Å². The molecule has 1 aliphatic rings. The Kier molecular flexibility index (Phi) is 4.26. The van der Waals surface area contributed by atoms with E-state index in [-0.39, 0.29) is 0 Å². The van der Waals surface area contributed by atoms with Gasteiger partial charge in [-0.25, -0.2) is 15.0 Å². The Labute approximate surface area is 162 Å². The molecule has 0 spiro atoms. The highest BCUT2D eigenvalue weighted by atomic mass is 35.5. The van der Waals surface area contributed by atoms with Gasteiger partial charge in [0.05, 0.1) is 11.8 Å². The van der Waals surface area contributed by atoms with Crippen LogP contribution < -0.4 is 0 Å². The Morgan fingerprint density at radius 2 is 1.78 bits per heavy atom. The van der Waals surface area contributed by atoms with Crippen molar-refractivity contribution >= 4 is 33.7 Å². The number of pyridine rings is 2. The zero-order chi connectivity index (χ0) is 18.2. The first kappa shape index (κ1) is 16.7. The van der Waals surface area contributed by atoms with Crippen molar-refractivity contribution in [3.05, 3.63) is 65.2 Å². The monoisotopic (exact) mass is 377 g/mol. The lowest BCUT2D eigenvalue weighted by molar-refractivity contribution is 0.331. The lowest BCUT2D eigenvalue weighted by atomic mass is 10.1. The minimum absolute atomic E-state index is 0.401. The van der Waals surface area contributed by atoms with Gasteiger partial charge in [0.1, 0.15) is 5.52 Å². The van der Waals surface area contributed by atoms with Gasteiger partial charge in [-0.3, -0.25) is 4.90 Å². The first-order chi connectivity index (χ1) is 13.3. The molecule has 0 radical (unpaired) electrons. The molecule has 1 saturated heterocycles. The fourth-order valence-corrected chi connectivity index (χ4v) is 4.19. The van der Waals surface area contributed by atoms with Gasteiger partial charge in [-0.05, 0) is 49.2 Å². The van der Waals surface area contributed by atoms with Crippen molar-refractivity contribution < 1.29 is 0 Å². The Balaban J connectivity index is 1.51. The van der Waals surface area contributed by atoms with Crippen molar-refractivity contribution in [2.24, 2.45) is 0 Å². The number of likely N-dealkylation sites (tertiary alicyclic amines) is 1. The van der Waals surface area contributed by atoms with Crippen molar-refractivity contribution in [2.45, 2.75) is 25.9 Å². The highest BCUT2D eigenvalue weighted by Crippen LogP contribution is 2.28. The van der Waals surface area contributed by atoms with E-state index in [2.05, 4.69) is 48.7 Å². The van der Waals surface area contributed by atoms with E-state index >= 15 is 0 Å². The molecule has 0 saturated carbocycles. The second-order valence-electron chi connectivity index (χ2n) is 7.15. The number of imidazole rings is 1. The molecule has 136 valence electrons. The van der Waals surface area contributed by atoms with Crippen molar-refractivity contribution in [1.29, 1.82) is 0 Å². The minimum Gasteiger partial charge on any atom is -0.325 e. The average Bonchev–Trinajstić information content (AvgIpc) is 3.33. The van der Waals surface area contributed by atoms with Gasteiger partial charge in [-0.15, -0.1) is 0 Å². The maximum atomic E-state index is 6.34. The van der Waals surface area contributed by atoms with Crippen molar-refractivity contribution in [3.8, 4) is 0 Å². The van der Waals surface area contributed by atoms with E-state index in [1.807, 2.05) is 18.5 Å². The molecule has 6 heteroatoms. The maximum absolute atomic E-state index is 6.34. The SMILES string of the molecule is Clc1nc2ncccc2c2c1ncn2Cc1cccc(CN2CCCC2)c1. The number of halogens is 1. The number of aromatic nitrogens is 4. The van der Waals surface area contributed by atoms with Crippen molar-refractivity contribution in [2.75, 3.05) is 13.1 Å². The lowest BCUT2D eigenvalue weighted by Crippen LogP contribution is -2.18. The molecular formula is C21H20ClN5. The Morgan fingerprint density at radius 3 is 2.63 bits per heavy atom. The van der Waals surface area contributed by atoms with E-state index in [0.29, 0.717) is 10.8 Å². The standard InChI is InChI=1S/C21H20ClN5/c22-20-18-19(17-7-4-8-23-21(17)25-20)27(14-24-18)13-16-6-3-5-15(11-16)12-26-9-1-2-10-26/h3-8,11,14H,1-2,9-10,12-13H2. The van der Waals surface area contributed by atoms with E-state index in [0.717, 1.165) is 29.5 Å². The highest BCUT2D eigenvalue weighted by molar-refractivity contribution is 6.34. The highest BCUT2D eigenvalue weighted by Gasteiger charge is 2.14. The first-order valence-electron chi connectivity index (χ1n) is 9.33. The van der Waals surface area contributed by atoms with Crippen molar-refractivity contribution in [3.63, 3.8) is 0 Å². The third-order valence-corrected chi connectivity index (χ3v) is 5.49. The summed E-state index contributed by atoms with van der Waals surface area (Å²) in [6, 6.07) is 12.8. The molecule has 0 N–H and O–H groups in total. The van der Waals surface area contributed by atoms with Gasteiger partial charge in [0.15, 0.2) is 10.8 Å². The largest absolute Gasteiger partial charge is 0.325 e. The summed E-state index contributed by atoms with van der Waals surface area (Å²) < 4.78 is 2.14. The molecule has 4 aromatic rings. The molecule has 1 aromatic carbocycles. The molecule has 0 atom stereocenters. The second-order valence-corrected chi connectivity index (χ2v) is 7.51.